The number of halogens is 2. The standard InChI is InChI=1S/C13H15F2N3O3/c1-2-3-7-5-18(13(20)17-11(7)16)12-8(4-14)10(15)9(6-19)21-12/h2-5,9-10,12,19H,6H2,1H3,(H2,16,17,20)/b3-2+,8-4+. The normalized spacial score (nSPS) is 27.8. The van der Waals surface area contributed by atoms with Crippen LogP contribution in [0.1, 0.15) is 18.7 Å². The first kappa shape index (κ1) is 15.3. The van der Waals surface area contributed by atoms with Crippen LogP contribution in [0.4, 0.5) is 14.6 Å². The molecule has 1 fully saturated rings. The van der Waals surface area contributed by atoms with Crippen LogP contribution >= 0.6 is 0 Å². The number of rotatable bonds is 3. The lowest BCUT2D eigenvalue weighted by Crippen LogP contribution is -2.29. The van der Waals surface area contributed by atoms with Gasteiger partial charge in [0.05, 0.1) is 12.9 Å². The quantitative estimate of drug-likeness (QED) is 0.867. The second kappa shape index (κ2) is 6.15. The van der Waals surface area contributed by atoms with Gasteiger partial charge in [0.2, 0.25) is 0 Å². The summed E-state index contributed by atoms with van der Waals surface area (Å²) in [6, 6.07) is 0. The van der Waals surface area contributed by atoms with Gasteiger partial charge in [-0.3, -0.25) is 4.57 Å². The Morgan fingerprint density at radius 1 is 1.62 bits per heavy atom. The summed E-state index contributed by atoms with van der Waals surface area (Å²) >= 11 is 0. The molecular weight excluding hydrogens is 284 g/mol. The molecule has 0 spiro atoms. The molecule has 3 atom stereocenters. The van der Waals surface area contributed by atoms with Crippen molar-refractivity contribution in [1.29, 1.82) is 0 Å². The Bertz CT molecular complexity index is 642. The lowest BCUT2D eigenvalue weighted by atomic mass is 10.1. The van der Waals surface area contributed by atoms with E-state index in [1.165, 1.54) is 6.20 Å². The third-order valence-corrected chi connectivity index (χ3v) is 3.15. The van der Waals surface area contributed by atoms with Gasteiger partial charge in [-0.05, 0) is 6.92 Å². The maximum atomic E-state index is 13.9. The van der Waals surface area contributed by atoms with E-state index in [9.17, 15) is 13.6 Å². The van der Waals surface area contributed by atoms with Crippen LogP contribution in [0.5, 0.6) is 0 Å². The summed E-state index contributed by atoms with van der Waals surface area (Å²) < 4.78 is 32.9. The van der Waals surface area contributed by atoms with Gasteiger partial charge in [-0.1, -0.05) is 12.2 Å². The number of alkyl halides is 1. The second-order valence-corrected chi connectivity index (χ2v) is 4.49. The van der Waals surface area contributed by atoms with Crippen molar-refractivity contribution in [2.75, 3.05) is 12.3 Å². The molecule has 1 saturated heterocycles. The highest BCUT2D eigenvalue weighted by molar-refractivity contribution is 5.59. The van der Waals surface area contributed by atoms with Crippen molar-refractivity contribution >= 4 is 11.9 Å². The minimum atomic E-state index is -1.83. The van der Waals surface area contributed by atoms with E-state index in [2.05, 4.69) is 4.98 Å². The van der Waals surface area contributed by atoms with Crippen LogP contribution in [-0.4, -0.2) is 33.5 Å². The number of allylic oxidation sites excluding steroid dienone is 1. The lowest BCUT2D eigenvalue weighted by molar-refractivity contribution is -0.0322. The number of hydrogen-bond acceptors (Lipinski definition) is 5. The lowest BCUT2D eigenvalue weighted by Gasteiger charge is -2.15. The van der Waals surface area contributed by atoms with Crippen LogP contribution < -0.4 is 11.4 Å². The Balaban J connectivity index is 2.51. The Morgan fingerprint density at radius 3 is 2.90 bits per heavy atom. The fourth-order valence-corrected chi connectivity index (χ4v) is 2.11. The molecule has 0 amide bonds. The van der Waals surface area contributed by atoms with Gasteiger partial charge in [0.1, 0.15) is 11.9 Å². The number of nitrogens with two attached hydrogens (primary N) is 1. The summed E-state index contributed by atoms with van der Waals surface area (Å²) in [6.07, 6.45) is 0.271. The zero-order chi connectivity index (χ0) is 15.6. The molecular formula is C13H15F2N3O3. The molecule has 6 nitrogen and oxygen atoms in total. The van der Waals surface area contributed by atoms with Crippen molar-refractivity contribution < 1.29 is 18.6 Å². The summed E-state index contributed by atoms with van der Waals surface area (Å²) in [5.41, 5.74) is 4.85. The number of nitrogen functional groups attached to an aromatic ring is 1. The highest BCUT2D eigenvalue weighted by Gasteiger charge is 2.41. The molecule has 3 N–H and O–H groups in total. The summed E-state index contributed by atoms with van der Waals surface area (Å²) in [4.78, 5) is 15.5. The zero-order valence-electron chi connectivity index (χ0n) is 11.2. The predicted octanol–water partition coefficient (Wildman–Crippen LogP) is 0.940. The number of ether oxygens (including phenoxy) is 1. The summed E-state index contributed by atoms with van der Waals surface area (Å²) in [7, 11) is 0. The van der Waals surface area contributed by atoms with Gasteiger partial charge in [-0.2, -0.15) is 4.98 Å². The van der Waals surface area contributed by atoms with E-state index in [1.54, 1.807) is 19.1 Å². The number of nitrogens with zero attached hydrogens (tertiary/aromatic N) is 2. The molecule has 21 heavy (non-hydrogen) atoms. The maximum absolute atomic E-state index is 13.9. The van der Waals surface area contributed by atoms with Crippen molar-refractivity contribution in [1.82, 2.24) is 9.55 Å². The third kappa shape index (κ3) is 2.72. The second-order valence-electron chi connectivity index (χ2n) is 4.49. The van der Waals surface area contributed by atoms with E-state index < -0.39 is 30.8 Å². The fraction of sp³-hybridized carbons (Fsp3) is 0.385. The molecule has 8 heteroatoms. The zero-order valence-corrected chi connectivity index (χ0v) is 11.2. The number of aromatic nitrogens is 2. The van der Waals surface area contributed by atoms with Gasteiger partial charge < -0.3 is 15.6 Å². The number of aliphatic hydroxyl groups is 1. The largest absolute Gasteiger partial charge is 0.394 e. The van der Waals surface area contributed by atoms with Crippen molar-refractivity contribution in [2.45, 2.75) is 25.4 Å². The minimum Gasteiger partial charge on any atom is -0.394 e. The molecule has 0 bridgehead atoms. The highest BCUT2D eigenvalue weighted by atomic mass is 19.1. The van der Waals surface area contributed by atoms with E-state index >= 15 is 0 Å². The van der Waals surface area contributed by atoms with E-state index in [-0.39, 0.29) is 17.7 Å². The highest BCUT2D eigenvalue weighted by Crippen LogP contribution is 2.35. The van der Waals surface area contributed by atoms with E-state index in [4.69, 9.17) is 15.6 Å². The summed E-state index contributed by atoms with van der Waals surface area (Å²) in [6.45, 7) is 1.11. The van der Waals surface area contributed by atoms with Gasteiger partial charge in [0, 0.05) is 17.3 Å². The van der Waals surface area contributed by atoms with Crippen LogP contribution in [0.25, 0.3) is 6.08 Å². The minimum absolute atomic E-state index is 0.00799. The third-order valence-electron chi connectivity index (χ3n) is 3.15. The van der Waals surface area contributed by atoms with E-state index in [0.29, 0.717) is 5.56 Å². The van der Waals surface area contributed by atoms with Crippen LogP contribution in [-0.2, 0) is 4.74 Å². The van der Waals surface area contributed by atoms with Gasteiger partial charge in [0.15, 0.2) is 12.4 Å². The van der Waals surface area contributed by atoms with Crippen LogP contribution in [0.3, 0.4) is 0 Å². The molecule has 2 rings (SSSR count). The summed E-state index contributed by atoms with van der Waals surface area (Å²) in [5, 5.41) is 9.02. The molecule has 1 aliphatic rings. The Hall–Kier alpha value is -2.06. The molecule has 1 aromatic heterocycles. The average Bonchev–Trinajstić information content (AvgIpc) is 2.78. The predicted molar refractivity (Wildman–Crippen MR) is 72.7 cm³/mol. The van der Waals surface area contributed by atoms with Crippen molar-refractivity contribution in [3.8, 4) is 0 Å². The Kier molecular flexibility index (Phi) is 4.49. The van der Waals surface area contributed by atoms with Gasteiger partial charge >= 0.3 is 5.69 Å². The smallest absolute Gasteiger partial charge is 0.351 e. The SMILES string of the molecule is C/C=C/c1cn(C2OC(CO)C(F)/C2=C\F)c(=O)nc1N. The van der Waals surface area contributed by atoms with E-state index in [1.807, 2.05) is 0 Å². The average molecular weight is 299 g/mol. The number of aliphatic hydroxyl groups excluding tert-OH is 1. The number of hydrogen-bond donors (Lipinski definition) is 2. The molecule has 114 valence electrons. The van der Waals surface area contributed by atoms with E-state index in [0.717, 1.165) is 4.57 Å². The first-order valence-electron chi connectivity index (χ1n) is 6.25. The monoisotopic (exact) mass is 299 g/mol. The summed E-state index contributed by atoms with van der Waals surface area (Å²) in [5.74, 6) is 0.00799. The Morgan fingerprint density at radius 2 is 2.33 bits per heavy atom. The van der Waals surface area contributed by atoms with Crippen molar-refractivity contribution in [3.05, 3.63) is 40.2 Å². The molecule has 1 aromatic rings. The van der Waals surface area contributed by atoms with Crippen molar-refractivity contribution in [2.24, 2.45) is 0 Å². The van der Waals surface area contributed by atoms with Gasteiger partial charge in [-0.25, -0.2) is 13.6 Å². The first-order chi connectivity index (χ1) is 10.0. The van der Waals surface area contributed by atoms with Gasteiger partial charge in [-0.15, -0.1) is 0 Å². The molecule has 0 radical (unpaired) electrons. The van der Waals surface area contributed by atoms with Crippen molar-refractivity contribution in [3.63, 3.8) is 0 Å². The topological polar surface area (TPSA) is 90.4 Å². The Labute approximate surface area is 119 Å². The van der Waals surface area contributed by atoms with Crippen LogP contribution in [0.2, 0.25) is 0 Å². The van der Waals surface area contributed by atoms with Crippen LogP contribution in [0.15, 0.2) is 29.0 Å². The van der Waals surface area contributed by atoms with Gasteiger partial charge in [0.25, 0.3) is 0 Å². The number of anilines is 1. The maximum Gasteiger partial charge on any atom is 0.351 e. The first-order valence-corrected chi connectivity index (χ1v) is 6.25. The molecule has 2 heterocycles. The molecule has 0 aromatic carbocycles. The molecule has 0 saturated carbocycles. The molecule has 0 aliphatic carbocycles. The fourth-order valence-electron chi connectivity index (χ4n) is 2.11. The molecule has 1 aliphatic heterocycles. The van der Waals surface area contributed by atoms with Crippen LogP contribution in [0, 0.1) is 0 Å². The molecule has 3 unspecified atom stereocenters.